The molecule has 1 amide bonds. The summed E-state index contributed by atoms with van der Waals surface area (Å²) in [6.45, 7) is 6.53. The number of ether oxygens (including phenoxy) is 1. The minimum atomic E-state index is -3.98. The summed E-state index contributed by atoms with van der Waals surface area (Å²) in [6.07, 6.45) is -0.817. The second-order valence-corrected chi connectivity index (χ2v) is 15.0. The van der Waals surface area contributed by atoms with Gasteiger partial charge in [-0.2, -0.15) is 4.31 Å². The van der Waals surface area contributed by atoms with E-state index in [1.165, 1.54) is 36.5 Å². The lowest BCUT2D eigenvalue weighted by atomic mass is 10.0. The zero-order valence-corrected chi connectivity index (χ0v) is 25.8. The van der Waals surface area contributed by atoms with Crippen LogP contribution in [0.5, 0.6) is 5.75 Å². The maximum Gasteiger partial charge on any atom is 0.271 e. The number of aryl methyl sites for hydroxylation is 2. The number of nitrogens with one attached hydrogen (secondary N) is 1. The summed E-state index contributed by atoms with van der Waals surface area (Å²) in [4.78, 5) is 15.0. The van der Waals surface area contributed by atoms with Gasteiger partial charge in [0.05, 0.1) is 25.6 Å². The first-order valence-corrected chi connectivity index (χ1v) is 16.7. The largest absolute Gasteiger partial charge is 0.488 e. The molecule has 0 saturated carbocycles. The highest BCUT2D eigenvalue weighted by Crippen LogP contribution is 2.31. The first kappa shape index (κ1) is 31.0. The van der Waals surface area contributed by atoms with Crippen LogP contribution in [0.1, 0.15) is 30.9 Å². The van der Waals surface area contributed by atoms with Crippen molar-refractivity contribution in [3.05, 3.63) is 52.7 Å². The van der Waals surface area contributed by atoms with Crippen molar-refractivity contribution in [1.82, 2.24) is 14.4 Å². The number of anilines is 1. The second kappa shape index (κ2) is 12.1. The van der Waals surface area contributed by atoms with Gasteiger partial charge < -0.3 is 19.3 Å². The van der Waals surface area contributed by atoms with Gasteiger partial charge in [-0.3, -0.25) is 9.52 Å². The lowest BCUT2D eigenvalue weighted by Crippen LogP contribution is -2.48. The number of aromatic nitrogens is 1. The zero-order valence-electron chi connectivity index (χ0n) is 23.4. The van der Waals surface area contributed by atoms with Gasteiger partial charge in [0, 0.05) is 30.8 Å². The summed E-state index contributed by atoms with van der Waals surface area (Å²) in [5.74, 6) is -0.123. The average molecular weight is 627 g/mol. The fourth-order valence-electron chi connectivity index (χ4n) is 4.68. The summed E-state index contributed by atoms with van der Waals surface area (Å²) < 4.78 is 67.8. The van der Waals surface area contributed by atoms with Crippen LogP contribution in [0, 0.1) is 19.8 Å². The second-order valence-electron chi connectivity index (χ2n) is 10.2. The number of carbonyl (C=O) groups excluding carboxylic acids is 1. The molecule has 224 valence electrons. The van der Waals surface area contributed by atoms with E-state index in [-0.39, 0.29) is 64.2 Å². The van der Waals surface area contributed by atoms with Crippen LogP contribution >= 0.6 is 11.3 Å². The standard InChI is InChI=1S/C26H34N4O8S3/c1-16-13-30(17(2)15-31)24(32)12-20-11-21(28-40(33,34)25-7-6-10-39-25)8-9-22(20)37-23(16)14-29(5)41(35,36)26-18(3)27-38-19(26)4/h6-11,16-17,23,28,31H,12-15H2,1-5H3/t16-,17-,23+/m1/s1. The van der Waals surface area contributed by atoms with Crippen molar-refractivity contribution in [2.24, 2.45) is 5.92 Å². The van der Waals surface area contributed by atoms with Gasteiger partial charge in [-0.05, 0) is 50.4 Å². The minimum absolute atomic E-state index is 0.00973. The van der Waals surface area contributed by atoms with Crippen molar-refractivity contribution in [2.45, 2.75) is 55.4 Å². The van der Waals surface area contributed by atoms with E-state index in [2.05, 4.69) is 9.88 Å². The third-order valence-corrected chi connectivity index (χ3v) is 11.8. The zero-order chi connectivity index (χ0) is 30.1. The van der Waals surface area contributed by atoms with Crippen LogP contribution in [0.15, 0.2) is 49.3 Å². The Hall–Kier alpha value is -2.98. The van der Waals surface area contributed by atoms with Crippen LogP contribution in [0.2, 0.25) is 0 Å². The summed E-state index contributed by atoms with van der Waals surface area (Å²) in [7, 11) is -6.37. The van der Waals surface area contributed by atoms with Crippen molar-refractivity contribution in [1.29, 1.82) is 0 Å². The number of hydrogen-bond acceptors (Lipinski definition) is 10. The van der Waals surface area contributed by atoms with Gasteiger partial charge in [0.15, 0.2) is 5.76 Å². The van der Waals surface area contributed by atoms with Crippen LogP contribution < -0.4 is 9.46 Å². The third-order valence-electron chi connectivity index (χ3n) is 7.00. The lowest BCUT2D eigenvalue weighted by molar-refractivity contribution is -0.134. The third kappa shape index (κ3) is 6.59. The van der Waals surface area contributed by atoms with Crippen molar-refractivity contribution in [2.75, 3.05) is 31.5 Å². The molecule has 41 heavy (non-hydrogen) atoms. The molecule has 3 aromatic rings. The Labute approximate surface area is 244 Å². The predicted molar refractivity (Wildman–Crippen MR) is 153 cm³/mol. The molecule has 3 heterocycles. The topological polar surface area (TPSA) is 159 Å². The summed E-state index contributed by atoms with van der Waals surface area (Å²) in [5.41, 5.74) is 0.915. The Balaban J connectivity index is 1.70. The summed E-state index contributed by atoms with van der Waals surface area (Å²) >= 11 is 1.08. The molecule has 1 aromatic carbocycles. The SMILES string of the molecule is Cc1noc(C)c1S(=O)(=O)N(C)C[C@@H]1Oc2ccc(NS(=O)(=O)c3cccs3)cc2CC(=O)N([C@H](C)CO)C[C@H]1C. The molecule has 3 atom stereocenters. The van der Waals surface area contributed by atoms with E-state index < -0.39 is 32.2 Å². The molecule has 12 nitrogen and oxygen atoms in total. The van der Waals surface area contributed by atoms with Gasteiger partial charge in [0.25, 0.3) is 10.0 Å². The van der Waals surface area contributed by atoms with Crippen LogP contribution in [0.3, 0.4) is 0 Å². The van der Waals surface area contributed by atoms with Gasteiger partial charge in [-0.15, -0.1) is 11.3 Å². The van der Waals surface area contributed by atoms with Gasteiger partial charge in [-0.25, -0.2) is 16.8 Å². The smallest absolute Gasteiger partial charge is 0.271 e. The Morgan fingerprint density at radius 3 is 2.59 bits per heavy atom. The van der Waals surface area contributed by atoms with Gasteiger partial charge in [0.1, 0.15) is 26.7 Å². The fraction of sp³-hybridized carbons (Fsp3) is 0.462. The number of hydrogen-bond donors (Lipinski definition) is 2. The molecule has 1 aliphatic rings. The lowest BCUT2D eigenvalue weighted by Gasteiger charge is -2.33. The first-order chi connectivity index (χ1) is 19.2. The molecule has 0 fully saturated rings. The highest BCUT2D eigenvalue weighted by Gasteiger charge is 2.35. The van der Waals surface area contributed by atoms with E-state index >= 15 is 0 Å². The number of rotatable bonds is 9. The molecule has 0 bridgehead atoms. The van der Waals surface area contributed by atoms with Crippen molar-refractivity contribution >= 4 is 43.0 Å². The van der Waals surface area contributed by atoms with E-state index in [9.17, 15) is 26.7 Å². The van der Waals surface area contributed by atoms with Crippen LogP contribution in [0.4, 0.5) is 5.69 Å². The Morgan fingerprint density at radius 2 is 1.98 bits per heavy atom. The average Bonchev–Trinajstić information content (AvgIpc) is 3.58. The number of nitrogens with zero attached hydrogens (tertiary/aromatic N) is 3. The number of likely N-dealkylation sites (N-methyl/N-ethyl adjacent to an activating group) is 1. The quantitative estimate of drug-likeness (QED) is 0.364. The van der Waals surface area contributed by atoms with Gasteiger partial charge in [0.2, 0.25) is 15.9 Å². The molecule has 0 aliphatic carbocycles. The highest BCUT2D eigenvalue weighted by atomic mass is 32.2. The van der Waals surface area contributed by atoms with E-state index in [0.717, 1.165) is 11.3 Å². The summed E-state index contributed by atoms with van der Waals surface area (Å²) in [5, 5.41) is 15.3. The minimum Gasteiger partial charge on any atom is -0.488 e. The molecule has 2 N–H and O–H groups in total. The van der Waals surface area contributed by atoms with Crippen molar-refractivity contribution < 1.29 is 36.0 Å². The molecule has 0 saturated heterocycles. The maximum absolute atomic E-state index is 13.4. The Kier molecular flexibility index (Phi) is 9.13. The fourth-order valence-corrected chi connectivity index (χ4v) is 8.19. The van der Waals surface area contributed by atoms with Gasteiger partial charge in [-0.1, -0.05) is 18.1 Å². The highest BCUT2D eigenvalue weighted by molar-refractivity contribution is 7.94. The monoisotopic (exact) mass is 626 g/mol. The summed E-state index contributed by atoms with van der Waals surface area (Å²) in [6, 6.07) is 7.27. The molecule has 0 unspecified atom stereocenters. The number of amides is 1. The molecule has 1 aliphatic heterocycles. The number of aliphatic hydroxyl groups excluding tert-OH is 1. The number of sulfonamides is 2. The Bertz CT molecular complexity index is 1580. The molecule has 4 rings (SSSR count). The number of aliphatic hydroxyl groups is 1. The molecular formula is C26H34N4O8S3. The number of benzene rings is 1. The predicted octanol–water partition coefficient (Wildman–Crippen LogP) is 2.62. The normalized spacial score (nSPS) is 19.2. The molecular weight excluding hydrogens is 593 g/mol. The van der Waals surface area contributed by atoms with E-state index in [0.29, 0.717) is 11.3 Å². The molecule has 15 heteroatoms. The van der Waals surface area contributed by atoms with Crippen LogP contribution in [0.25, 0.3) is 0 Å². The van der Waals surface area contributed by atoms with Crippen LogP contribution in [-0.4, -0.2) is 81.1 Å². The van der Waals surface area contributed by atoms with Crippen molar-refractivity contribution in [3.8, 4) is 5.75 Å². The molecule has 0 spiro atoms. The van der Waals surface area contributed by atoms with Crippen molar-refractivity contribution in [3.63, 3.8) is 0 Å². The molecule has 0 radical (unpaired) electrons. The van der Waals surface area contributed by atoms with Crippen LogP contribution in [-0.2, 0) is 31.3 Å². The first-order valence-electron chi connectivity index (χ1n) is 12.9. The number of fused-ring (bicyclic) bond motifs is 1. The molecule has 2 aromatic heterocycles. The van der Waals surface area contributed by atoms with E-state index in [1.807, 2.05) is 6.92 Å². The van der Waals surface area contributed by atoms with E-state index in [1.54, 1.807) is 36.3 Å². The Morgan fingerprint density at radius 1 is 1.24 bits per heavy atom. The van der Waals surface area contributed by atoms with E-state index in [4.69, 9.17) is 9.26 Å². The van der Waals surface area contributed by atoms with Gasteiger partial charge >= 0.3 is 0 Å². The number of carbonyl (C=O) groups is 1. The maximum atomic E-state index is 13.4. The number of thiophene rings is 1.